The van der Waals surface area contributed by atoms with Crippen LogP contribution in [0, 0.1) is 0 Å². The van der Waals surface area contributed by atoms with Crippen LogP contribution < -0.4 is 51.4 Å². The predicted molar refractivity (Wildman–Crippen MR) is 96.4 cm³/mol. The number of carbonyl (C=O) groups is 2. The van der Waals surface area contributed by atoms with Crippen molar-refractivity contribution in [2.24, 2.45) is 0 Å². The van der Waals surface area contributed by atoms with Gasteiger partial charge in [-0.05, 0) is 6.42 Å². The first-order chi connectivity index (χ1) is 11.7. The molecule has 3 N–H and O–H groups in total. The second-order valence-electron chi connectivity index (χ2n) is 6.63. The van der Waals surface area contributed by atoms with E-state index in [1.165, 1.54) is 32.1 Å². The minimum Gasteiger partial charge on any atom is -1.00 e. The minimum absolute atomic E-state index is 0. The number of carboxylic acids is 2. The average molecular weight is 421 g/mol. The topological polar surface area (TPSA) is 129 Å². The Bertz CT molecular complexity index is 513. The Morgan fingerprint density at radius 2 is 1.23 bits per heavy atom. The average Bonchev–Trinajstić information content (AvgIpc) is 2.49. The Morgan fingerprint density at radius 3 is 1.54 bits per heavy atom. The van der Waals surface area contributed by atoms with Gasteiger partial charge >= 0.3 is 63.3 Å². The zero-order chi connectivity index (χ0) is 19.3. The third-order valence-corrected chi connectivity index (χ3v) is 6.02. The number of rotatable bonds is 16. The summed E-state index contributed by atoms with van der Waals surface area (Å²) in [7, 11) is -5.01. The Hall–Kier alpha value is 0.486. The molecule has 0 radical (unpaired) electrons. The maximum absolute atomic E-state index is 11.5. The zero-order valence-corrected chi connectivity index (χ0v) is 20.0. The third kappa shape index (κ3) is 11.4. The Kier molecular flexibility index (Phi) is 17.0. The first-order valence-electron chi connectivity index (χ1n) is 9.09. The Balaban J connectivity index is -0.00000288. The summed E-state index contributed by atoms with van der Waals surface area (Å²) >= 11 is 0. The number of hydrogen-bond donors (Lipinski definition) is 3. The summed E-state index contributed by atoms with van der Waals surface area (Å²) < 4.78 is 29.5. The van der Waals surface area contributed by atoms with Gasteiger partial charge < -0.3 is 11.6 Å². The smallest absolute Gasteiger partial charge is 1.00 e. The fourth-order valence-electron chi connectivity index (χ4n) is 2.92. The fraction of sp³-hybridized carbons (Fsp3) is 0.882. The van der Waals surface area contributed by atoms with Crippen molar-refractivity contribution < 1.29 is 85.6 Å². The first kappa shape index (κ1) is 28.7. The maximum atomic E-state index is 11.5. The quantitative estimate of drug-likeness (QED) is 0.193. The summed E-state index contributed by atoms with van der Waals surface area (Å²) in [5, 5.41) is 18.0. The molecule has 9 heteroatoms. The Labute approximate surface area is 201 Å². The summed E-state index contributed by atoms with van der Waals surface area (Å²) in [6, 6.07) is 0. The molecule has 7 nitrogen and oxygen atoms in total. The predicted octanol–water partition coefficient (Wildman–Crippen LogP) is 0.990. The van der Waals surface area contributed by atoms with E-state index in [4.69, 9.17) is 10.2 Å². The summed E-state index contributed by atoms with van der Waals surface area (Å²) in [5.74, 6) is -3.38. The Morgan fingerprint density at radius 1 is 0.846 bits per heavy atom. The molecule has 0 aromatic heterocycles. The molecule has 0 amide bonds. The summed E-state index contributed by atoms with van der Waals surface area (Å²) in [6.07, 6.45) is 9.62. The van der Waals surface area contributed by atoms with Gasteiger partial charge in [0.2, 0.25) is 4.75 Å². The van der Waals surface area contributed by atoms with E-state index < -0.39 is 39.6 Å². The molecule has 0 aliphatic rings. The van der Waals surface area contributed by atoms with Crippen LogP contribution >= 0.6 is 0 Å². The number of aliphatic carboxylic acids is 2. The molecule has 0 rings (SSSR count). The standard InChI is InChI=1S/C17H32O7S.K.H/c1-2-3-4-5-6-7-8-9-10-11-12-13-17(16(20)21,14-15(18)19)25(22,23)24;;/h2-14H2,1H3,(H,18,19)(H,20,21)(H,22,23,24);;/q;+1;-1. The van der Waals surface area contributed by atoms with Crippen molar-refractivity contribution >= 4 is 22.1 Å². The molecular formula is C17H33KO7S. The second kappa shape index (κ2) is 15.4. The number of unbranched alkanes of at least 4 members (excludes halogenated alkanes) is 10. The second-order valence-corrected chi connectivity index (χ2v) is 8.36. The van der Waals surface area contributed by atoms with Crippen molar-refractivity contribution in [3.8, 4) is 0 Å². The van der Waals surface area contributed by atoms with Crippen molar-refractivity contribution in [3.63, 3.8) is 0 Å². The molecule has 1 atom stereocenters. The van der Waals surface area contributed by atoms with Crippen LogP contribution in [0.1, 0.15) is 91.8 Å². The van der Waals surface area contributed by atoms with Crippen molar-refractivity contribution in [1.82, 2.24) is 0 Å². The monoisotopic (exact) mass is 420 g/mol. The van der Waals surface area contributed by atoms with Crippen LogP contribution in [0.2, 0.25) is 0 Å². The molecule has 0 aromatic rings. The van der Waals surface area contributed by atoms with Crippen LogP contribution in [0.15, 0.2) is 0 Å². The molecule has 0 spiro atoms. The van der Waals surface area contributed by atoms with Gasteiger partial charge in [-0.2, -0.15) is 8.42 Å². The molecule has 0 aliphatic carbocycles. The summed E-state index contributed by atoms with van der Waals surface area (Å²) in [4.78, 5) is 22.1. The van der Waals surface area contributed by atoms with E-state index in [-0.39, 0.29) is 59.2 Å². The van der Waals surface area contributed by atoms with Gasteiger partial charge in [0.1, 0.15) is 0 Å². The van der Waals surface area contributed by atoms with Crippen LogP contribution in [0.3, 0.4) is 0 Å². The van der Waals surface area contributed by atoms with Crippen LogP contribution in [0.25, 0.3) is 0 Å². The summed E-state index contributed by atoms with van der Waals surface area (Å²) in [6.45, 7) is 2.18. The fourth-order valence-corrected chi connectivity index (χ4v) is 3.85. The van der Waals surface area contributed by atoms with Gasteiger partial charge in [0, 0.05) is 0 Å². The van der Waals surface area contributed by atoms with Gasteiger partial charge in [0.15, 0.2) is 0 Å². The van der Waals surface area contributed by atoms with E-state index in [0.717, 1.165) is 25.7 Å². The molecule has 0 aromatic carbocycles. The van der Waals surface area contributed by atoms with Gasteiger partial charge in [0.05, 0.1) is 6.42 Å². The van der Waals surface area contributed by atoms with E-state index in [1.807, 2.05) is 0 Å². The number of carboxylic acid groups (broad SMARTS) is 2. The van der Waals surface area contributed by atoms with E-state index in [1.54, 1.807) is 0 Å². The minimum atomic E-state index is -5.01. The molecular weight excluding hydrogens is 387 g/mol. The van der Waals surface area contributed by atoms with Crippen LogP contribution in [-0.2, 0) is 19.7 Å². The van der Waals surface area contributed by atoms with Crippen LogP contribution in [0.5, 0.6) is 0 Å². The van der Waals surface area contributed by atoms with Gasteiger partial charge in [-0.1, -0.05) is 77.6 Å². The molecule has 1 unspecified atom stereocenters. The van der Waals surface area contributed by atoms with E-state index in [9.17, 15) is 22.6 Å². The van der Waals surface area contributed by atoms with Crippen molar-refractivity contribution in [2.45, 2.75) is 95.1 Å². The van der Waals surface area contributed by atoms with E-state index >= 15 is 0 Å². The normalized spacial score (nSPS) is 13.6. The maximum Gasteiger partial charge on any atom is 1.00 e. The molecule has 26 heavy (non-hydrogen) atoms. The SMILES string of the molecule is CCCCCCCCCCCCCC(CC(=O)O)(C(=O)O)S(=O)(=O)O.[H-].[K+]. The zero-order valence-electron chi connectivity index (χ0n) is 17.1. The van der Waals surface area contributed by atoms with Gasteiger partial charge in [0.25, 0.3) is 10.1 Å². The van der Waals surface area contributed by atoms with Crippen molar-refractivity contribution in [1.29, 1.82) is 0 Å². The largest absolute Gasteiger partial charge is 1.00 e. The molecule has 0 heterocycles. The van der Waals surface area contributed by atoms with E-state index in [2.05, 4.69) is 6.92 Å². The third-order valence-electron chi connectivity index (χ3n) is 4.50. The molecule has 150 valence electrons. The molecule has 0 fully saturated rings. The van der Waals surface area contributed by atoms with Crippen LogP contribution in [0.4, 0.5) is 0 Å². The summed E-state index contributed by atoms with van der Waals surface area (Å²) in [5.41, 5.74) is 0. The first-order valence-corrected chi connectivity index (χ1v) is 10.5. The van der Waals surface area contributed by atoms with Crippen molar-refractivity contribution in [2.75, 3.05) is 0 Å². The van der Waals surface area contributed by atoms with Gasteiger partial charge in [-0.3, -0.25) is 14.1 Å². The van der Waals surface area contributed by atoms with E-state index in [0.29, 0.717) is 6.42 Å². The van der Waals surface area contributed by atoms with Gasteiger partial charge in [-0.15, -0.1) is 0 Å². The van der Waals surface area contributed by atoms with Crippen molar-refractivity contribution in [3.05, 3.63) is 0 Å². The molecule has 0 saturated heterocycles. The molecule has 0 aliphatic heterocycles. The van der Waals surface area contributed by atoms with Gasteiger partial charge in [-0.25, -0.2) is 0 Å². The number of hydrogen-bond acceptors (Lipinski definition) is 4. The molecule has 0 saturated carbocycles. The molecule has 0 bridgehead atoms. The van der Waals surface area contributed by atoms with Crippen LogP contribution in [-0.4, -0.2) is 39.9 Å².